The van der Waals surface area contributed by atoms with Crippen LogP contribution < -0.4 is 33.8 Å². The molecule has 1 unspecified atom stereocenters. The van der Waals surface area contributed by atoms with E-state index in [1.807, 2.05) is 0 Å². The molecule has 0 aliphatic carbocycles. The number of fused-ring (bicyclic) bond motifs is 1. The molecule has 0 saturated heterocycles. The summed E-state index contributed by atoms with van der Waals surface area (Å²) in [6, 6.07) is -0.768. The number of carboxylic acid groups (broad SMARTS) is 1. The van der Waals surface area contributed by atoms with Gasteiger partial charge in [-0.2, -0.15) is 9.97 Å². The molecular formula is C14H22N8O4. The molecule has 0 fully saturated rings. The maximum Gasteiger partial charge on any atom is 0.330 e. The van der Waals surface area contributed by atoms with Crippen molar-refractivity contribution in [3.05, 3.63) is 20.8 Å². The lowest BCUT2D eigenvalue weighted by Gasteiger charge is -2.15. The van der Waals surface area contributed by atoms with E-state index in [0.717, 1.165) is 11.0 Å². The number of carbonyl (C=O) groups is 1. The van der Waals surface area contributed by atoms with Crippen molar-refractivity contribution in [1.29, 1.82) is 0 Å². The Morgan fingerprint density at radius 2 is 2.00 bits per heavy atom. The number of nitrogens with one attached hydrogen (secondary N) is 2. The van der Waals surface area contributed by atoms with Gasteiger partial charge in [0.2, 0.25) is 5.95 Å². The normalized spacial score (nSPS) is 12.3. The minimum atomic E-state index is -0.989. The van der Waals surface area contributed by atoms with Crippen LogP contribution in [0.15, 0.2) is 9.59 Å². The highest BCUT2D eigenvalue weighted by Gasteiger charge is 2.17. The molecule has 12 heteroatoms. The van der Waals surface area contributed by atoms with Crippen molar-refractivity contribution in [2.24, 2.45) is 5.73 Å². The molecule has 0 aliphatic rings. The Kier molecular flexibility index (Phi) is 6.25. The lowest BCUT2D eigenvalue weighted by molar-refractivity contribution is -0.139. The lowest BCUT2D eigenvalue weighted by Crippen LogP contribution is -2.40. The molecule has 0 amide bonds. The molecule has 0 spiro atoms. The van der Waals surface area contributed by atoms with Crippen LogP contribution in [0.3, 0.4) is 0 Å². The van der Waals surface area contributed by atoms with Gasteiger partial charge in [-0.25, -0.2) is 4.79 Å². The van der Waals surface area contributed by atoms with Crippen molar-refractivity contribution in [1.82, 2.24) is 24.8 Å². The van der Waals surface area contributed by atoms with Crippen molar-refractivity contribution in [3.8, 4) is 0 Å². The number of aromatic nitrogens is 4. The Balaban J connectivity index is 2.22. The number of unbranched alkanes of at least 4 members (excludes halogenated alkanes) is 1. The highest BCUT2D eigenvalue weighted by molar-refractivity contribution is 5.85. The number of nitrogen functional groups attached to an aromatic ring is 2. The summed E-state index contributed by atoms with van der Waals surface area (Å²) in [5.41, 5.74) is 15.2. The van der Waals surface area contributed by atoms with Gasteiger partial charge in [0.05, 0.1) is 0 Å². The van der Waals surface area contributed by atoms with Gasteiger partial charge in [-0.05, 0) is 19.4 Å². The van der Waals surface area contributed by atoms with E-state index in [4.69, 9.17) is 17.2 Å². The Labute approximate surface area is 147 Å². The Morgan fingerprint density at radius 3 is 2.65 bits per heavy atom. The van der Waals surface area contributed by atoms with Crippen LogP contribution in [0.2, 0.25) is 0 Å². The quantitative estimate of drug-likeness (QED) is 0.264. The number of rotatable bonds is 9. The fourth-order valence-electron chi connectivity index (χ4n) is 2.58. The van der Waals surface area contributed by atoms with Gasteiger partial charge in [0, 0.05) is 13.1 Å². The first-order valence-electron chi connectivity index (χ1n) is 8.07. The maximum atomic E-state index is 12.1. The first-order valence-corrected chi connectivity index (χ1v) is 8.07. The summed E-state index contributed by atoms with van der Waals surface area (Å²) < 4.78 is 1.16. The summed E-state index contributed by atoms with van der Waals surface area (Å²) in [4.78, 5) is 45.1. The van der Waals surface area contributed by atoms with Crippen LogP contribution in [-0.4, -0.2) is 49.7 Å². The lowest BCUT2D eigenvalue weighted by atomic mass is 10.1. The zero-order chi connectivity index (χ0) is 19.3. The second-order valence-corrected chi connectivity index (χ2v) is 5.71. The van der Waals surface area contributed by atoms with E-state index in [1.54, 1.807) is 0 Å². The van der Waals surface area contributed by atoms with Gasteiger partial charge in [-0.3, -0.25) is 19.1 Å². The monoisotopic (exact) mass is 366 g/mol. The van der Waals surface area contributed by atoms with E-state index < -0.39 is 23.3 Å². The number of anilines is 2. The molecule has 2 rings (SSSR count). The number of aliphatic carboxylic acids is 1. The van der Waals surface area contributed by atoms with E-state index in [2.05, 4.69) is 20.3 Å². The summed E-state index contributed by atoms with van der Waals surface area (Å²) in [6.45, 7) is 0.709. The van der Waals surface area contributed by atoms with E-state index in [0.29, 0.717) is 19.4 Å². The molecule has 0 aromatic carbocycles. The Bertz CT molecular complexity index is 906. The number of nitrogens with two attached hydrogens (primary N) is 3. The molecule has 2 aromatic heterocycles. The van der Waals surface area contributed by atoms with Gasteiger partial charge in [-0.15, -0.1) is 0 Å². The highest BCUT2D eigenvalue weighted by atomic mass is 16.4. The fraction of sp³-hybridized carbons (Fsp3) is 0.500. The van der Waals surface area contributed by atoms with E-state index in [9.17, 15) is 19.5 Å². The molecular weight excluding hydrogens is 344 g/mol. The van der Waals surface area contributed by atoms with Crippen molar-refractivity contribution in [2.45, 2.75) is 31.8 Å². The van der Waals surface area contributed by atoms with Gasteiger partial charge >= 0.3 is 11.7 Å². The first-order chi connectivity index (χ1) is 12.3. The second-order valence-electron chi connectivity index (χ2n) is 5.71. The second kappa shape index (κ2) is 8.40. The molecule has 142 valence electrons. The van der Waals surface area contributed by atoms with Crippen LogP contribution in [0.4, 0.5) is 11.8 Å². The topological polar surface area (TPSA) is 208 Å². The predicted molar refractivity (Wildman–Crippen MR) is 95.6 cm³/mol. The highest BCUT2D eigenvalue weighted by Crippen LogP contribution is 2.12. The zero-order valence-electron chi connectivity index (χ0n) is 14.1. The SMILES string of the molecule is NCCCCC(NCCn1c(=O)[nH]c(=O)c2c(N)nc(N)nc21)C(=O)O. The molecule has 26 heavy (non-hydrogen) atoms. The predicted octanol–water partition coefficient (Wildman–Crippen LogP) is -2.18. The van der Waals surface area contributed by atoms with Crippen LogP contribution in [-0.2, 0) is 11.3 Å². The van der Waals surface area contributed by atoms with Crippen molar-refractivity contribution >= 4 is 28.8 Å². The molecule has 0 aliphatic heterocycles. The summed E-state index contributed by atoms with van der Waals surface area (Å²) in [6.07, 6.45) is 1.81. The fourth-order valence-corrected chi connectivity index (χ4v) is 2.58. The molecule has 0 radical (unpaired) electrons. The van der Waals surface area contributed by atoms with E-state index in [-0.39, 0.29) is 35.9 Å². The minimum Gasteiger partial charge on any atom is -0.480 e. The van der Waals surface area contributed by atoms with Gasteiger partial charge in [-0.1, -0.05) is 6.42 Å². The Hall–Kier alpha value is -2.99. The summed E-state index contributed by atoms with van der Waals surface area (Å²) >= 11 is 0. The van der Waals surface area contributed by atoms with Crippen LogP contribution >= 0.6 is 0 Å². The van der Waals surface area contributed by atoms with Gasteiger partial charge in [0.15, 0.2) is 5.65 Å². The van der Waals surface area contributed by atoms with E-state index >= 15 is 0 Å². The van der Waals surface area contributed by atoms with Gasteiger partial charge in [0.25, 0.3) is 5.56 Å². The minimum absolute atomic E-state index is 0.000516. The van der Waals surface area contributed by atoms with Crippen LogP contribution in [0.5, 0.6) is 0 Å². The van der Waals surface area contributed by atoms with Crippen molar-refractivity contribution < 1.29 is 9.90 Å². The van der Waals surface area contributed by atoms with Crippen molar-refractivity contribution in [2.75, 3.05) is 24.6 Å². The third-order valence-corrected chi connectivity index (χ3v) is 3.85. The molecule has 0 bridgehead atoms. The van der Waals surface area contributed by atoms with Crippen LogP contribution in [0, 0.1) is 0 Å². The number of aromatic amines is 1. The summed E-state index contributed by atoms with van der Waals surface area (Å²) in [5.74, 6) is -1.30. The molecule has 2 aromatic rings. The number of hydrogen-bond acceptors (Lipinski definition) is 9. The zero-order valence-corrected chi connectivity index (χ0v) is 14.1. The Morgan fingerprint density at radius 1 is 1.27 bits per heavy atom. The molecule has 1 atom stereocenters. The molecule has 9 N–H and O–H groups in total. The first kappa shape index (κ1) is 19.3. The average molecular weight is 366 g/mol. The number of hydrogen-bond donors (Lipinski definition) is 6. The largest absolute Gasteiger partial charge is 0.480 e. The number of H-pyrrole nitrogens is 1. The molecule has 0 saturated carbocycles. The van der Waals surface area contributed by atoms with Crippen molar-refractivity contribution in [3.63, 3.8) is 0 Å². The number of nitrogens with zero attached hydrogens (tertiary/aromatic N) is 3. The standard InChI is InChI=1S/C14H22N8O4/c15-4-2-1-3-7(12(24)25)18-5-6-22-10-8(11(23)21-14(22)26)9(16)19-13(17)20-10/h7,18H,1-6,15H2,(H,24,25)(H,21,23,26)(H4,16,17,19,20). The summed E-state index contributed by atoms with van der Waals surface area (Å²) in [5, 5.41) is 12.1. The van der Waals surface area contributed by atoms with Gasteiger partial charge in [0.1, 0.15) is 17.2 Å². The molecule has 2 heterocycles. The average Bonchev–Trinajstić information content (AvgIpc) is 2.54. The van der Waals surface area contributed by atoms with Crippen LogP contribution in [0.25, 0.3) is 11.0 Å². The maximum absolute atomic E-state index is 12.1. The van der Waals surface area contributed by atoms with Crippen LogP contribution in [0.1, 0.15) is 19.3 Å². The third kappa shape index (κ3) is 4.34. The summed E-state index contributed by atoms with van der Waals surface area (Å²) in [7, 11) is 0. The molecule has 12 nitrogen and oxygen atoms in total. The third-order valence-electron chi connectivity index (χ3n) is 3.85. The smallest absolute Gasteiger partial charge is 0.330 e. The van der Waals surface area contributed by atoms with Gasteiger partial charge < -0.3 is 27.6 Å². The number of carboxylic acids is 1. The van der Waals surface area contributed by atoms with E-state index in [1.165, 1.54) is 0 Å².